The normalized spacial score (nSPS) is 22.3. The van der Waals surface area contributed by atoms with Gasteiger partial charge in [-0.05, 0) is 49.3 Å². The molecule has 1 heterocycles. The van der Waals surface area contributed by atoms with Crippen molar-refractivity contribution in [3.05, 3.63) is 58.9 Å². The lowest BCUT2D eigenvalue weighted by Gasteiger charge is -2.23. The molecule has 2 nitrogen and oxygen atoms in total. The van der Waals surface area contributed by atoms with Crippen molar-refractivity contribution in [3.8, 4) is 0 Å². The number of rotatable bonds is 1. The Morgan fingerprint density at radius 2 is 1.79 bits per heavy atom. The van der Waals surface area contributed by atoms with Gasteiger partial charge in [0.05, 0.1) is 6.10 Å². The van der Waals surface area contributed by atoms with Gasteiger partial charge in [0, 0.05) is 23.5 Å². The molecule has 2 aliphatic rings. The molecule has 1 atom stereocenters. The summed E-state index contributed by atoms with van der Waals surface area (Å²) in [4.78, 5) is 0. The first-order valence-corrected chi connectivity index (χ1v) is 7.27. The molecular formula is C17H19NO. The fraction of sp³-hybridized carbons (Fsp3) is 0.412. The van der Waals surface area contributed by atoms with Crippen molar-refractivity contribution in [1.29, 1.82) is 0 Å². The van der Waals surface area contributed by atoms with E-state index in [-0.39, 0.29) is 6.10 Å². The van der Waals surface area contributed by atoms with E-state index in [1.165, 1.54) is 22.4 Å². The summed E-state index contributed by atoms with van der Waals surface area (Å²) in [6.07, 6.45) is 7.36. The van der Waals surface area contributed by atoms with Crippen LogP contribution in [0, 0.1) is 0 Å². The zero-order chi connectivity index (χ0) is 12.8. The Hall–Kier alpha value is -1.54. The lowest BCUT2D eigenvalue weighted by Crippen LogP contribution is -2.16. The van der Waals surface area contributed by atoms with E-state index in [1.54, 1.807) is 0 Å². The van der Waals surface area contributed by atoms with Crippen LogP contribution in [0.5, 0.6) is 0 Å². The van der Waals surface area contributed by atoms with Gasteiger partial charge in [-0.15, -0.1) is 0 Å². The van der Waals surface area contributed by atoms with E-state index in [9.17, 15) is 5.11 Å². The third-order valence-electron chi connectivity index (χ3n) is 4.73. The molecule has 0 bridgehead atoms. The summed E-state index contributed by atoms with van der Waals surface area (Å²) in [6.45, 7) is 0. The second-order valence-corrected chi connectivity index (χ2v) is 5.86. The molecule has 0 amide bonds. The van der Waals surface area contributed by atoms with Gasteiger partial charge >= 0.3 is 0 Å². The number of benzene rings is 1. The number of hydrogen-bond acceptors (Lipinski definition) is 1. The molecule has 1 unspecified atom stereocenters. The van der Waals surface area contributed by atoms with Crippen LogP contribution in [0.15, 0.2) is 36.5 Å². The molecule has 19 heavy (non-hydrogen) atoms. The van der Waals surface area contributed by atoms with Crippen molar-refractivity contribution in [2.24, 2.45) is 0 Å². The van der Waals surface area contributed by atoms with Crippen molar-refractivity contribution in [1.82, 2.24) is 4.57 Å². The van der Waals surface area contributed by atoms with Crippen molar-refractivity contribution in [2.45, 2.75) is 44.2 Å². The third-order valence-corrected chi connectivity index (χ3v) is 4.73. The Morgan fingerprint density at radius 1 is 1.05 bits per heavy atom. The number of hydrogen-bond donors (Lipinski definition) is 1. The minimum absolute atomic E-state index is 0.242. The van der Waals surface area contributed by atoms with Crippen LogP contribution in [0.4, 0.5) is 0 Å². The van der Waals surface area contributed by atoms with E-state index in [2.05, 4.69) is 41.1 Å². The molecule has 0 saturated heterocycles. The maximum atomic E-state index is 10.1. The SMILES string of the molecule is OC1CCCc2c1ccn2C1Cc2ccccc2C1. The zero-order valence-corrected chi connectivity index (χ0v) is 11.0. The molecular weight excluding hydrogens is 234 g/mol. The van der Waals surface area contributed by atoms with Crippen LogP contribution in [-0.2, 0) is 19.3 Å². The van der Waals surface area contributed by atoms with E-state index < -0.39 is 0 Å². The topological polar surface area (TPSA) is 25.2 Å². The Morgan fingerprint density at radius 3 is 2.53 bits per heavy atom. The van der Waals surface area contributed by atoms with Crippen LogP contribution in [0.1, 0.15) is 47.4 Å². The van der Waals surface area contributed by atoms with Crippen LogP contribution in [0.2, 0.25) is 0 Å². The van der Waals surface area contributed by atoms with Crippen molar-refractivity contribution in [2.75, 3.05) is 0 Å². The van der Waals surface area contributed by atoms with Crippen LogP contribution in [-0.4, -0.2) is 9.67 Å². The number of nitrogens with zero attached hydrogens (tertiary/aromatic N) is 1. The van der Waals surface area contributed by atoms with E-state index >= 15 is 0 Å². The molecule has 0 fully saturated rings. The third kappa shape index (κ3) is 1.74. The lowest BCUT2D eigenvalue weighted by atomic mass is 9.95. The fourth-order valence-corrected chi connectivity index (χ4v) is 3.77. The standard InChI is InChI=1S/C17H19NO/c19-17-7-3-6-16-15(17)8-9-18(16)14-10-12-4-1-2-5-13(12)11-14/h1-2,4-5,8-9,14,17,19H,3,6-7,10-11H2. The Balaban J connectivity index is 1.69. The van der Waals surface area contributed by atoms with Gasteiger partial charge in [0.25, 0.3) is 0 Å². The van der Waals surface area contributed by atoms with Crippen LogP contribution < -0.4 is 0 Å². The summed E-state index contributed by atoms with van der Waals surface area (Å²) in [5, 5.41) is 10.1. The summed E-state index contributed by atoms with van der Waals surface area (Å²) >= 11 is 0. The summed E-state index contributed by atoms with van der Waals surface area (Å²) < 4.78 is 2.43. The van der Waals surface area contributed by atoms with Gasteiger partial charge in [-0.25, -0.2) is 0 Å². The minimum Gasteiger partial charge on any atom is -0.388 e. The number of aromatic nitrogens is 1. The molecule has 1 aromatic heterocycles. The summed E-state index contributed by atoms with van der Waals surface area (Å²) in [5.41, 5.74) is 5.52. The highest BCUT2D eigenvalue weighted by Gasteiger charge is 2.27. The van der Waals surface area contributed by atoms with E-state index in [0.29, 0.717) is 6.04 Å². The molecule has 0 radical (unpaired) electrons. The average Bonchev–Trinajstić information content (AvgIpc) is 3.02. The monoisotopic (exact) mass is 253 g/mol. The summed E-state index contributed by atoms with van der Waals surface area (Å²) in [5.74, 6) is 0. The summed E-state index contributed by atoms with van der Waals surface area (Å²) in [7, 11) is 0. The van der Waals surface area contributed by atoms with Gasteiger partial charge in [0.1, 0.15) is 0 Å². The fourth-order valence-electron chi connectivity index (χ4n) is 3.77. The second-order valence-electron chi connectivity index (χ2n) is 5.86. The largest absolute Gasteiger partial charge is 0.388 e. The van der Waals surface area contributed by atoms with Crippen LogP contribution in [0.25, 0.3) is 0 Å². The number of aliphatic hydroxyl groups is 1. The zero-order valence-electron chi connectivity index (χ0n) is 11.0. The number of aliphatic hydroxyl groups excluding tert-OH is 1. The maximum Gasteiger partial charge on any atom is 0.0807 e. The van der Waals surface area contributed by atoms with Crippen molar-refractivity contribution in [3.63, 3.8) is 0 Å². The van der Waals surface area contributed by atoms with Gasteiger partial charge < -0.3 is 9.67 Å². The molecule has 0 spiro atoms. The first-order chi connectivity index (χ1) is 9.33. The maximum absolute atomic E-state index is 10.1. The highest BCUT2D eigenvalue weighted by atomic mass is 16.3. The molecule has 2 aliphatic carbocycles. The second kappa shape index (κ2) is 4.24. The minimum atomic E-state index is -0.242. The van der Waals surface area contributed by atoms with Crippen molar-refractivity contribution < 1.29 is 5.11 Å². The highest BCUT2D eigenvalue weighted by Crippen LogP contribution is 2.36. The first kappa shape index (κ1) is 11.3. The quantitative estimate of drug-likeness (QED) is 0.829. The molecule has 1 aromatic carbocycles. The van der Waals surface area contributed by atoms with Gasteiger partial charge in [-0.3, -0.25) is 0 Å². The number of fused-ring (bicyclic) bond motifs is 2. The molecule has 98 valence electrons. The first-order valence-electron chi connectivity index (χ1n) is 7.27. The smallest absolute Gasteiger partial charge is 0.0807 e. The molecule has 0 aliphatic heterocycles. The molecule has 2 heteroatoms. The van der Waals surface area contributed by atoms with E-state index in [1.807, 2.05) is 0 Å². The van der Waals surface area contributed by atoms with Crippen LogP contribution in [0.3, 0.4) is 0 Å². The Kier molecular flexibility index (Phi) is 2.52. The van der Waals surface area contributed by atoms with E-state index in [4.69, 9.17) is 0 Å². The van der Waals surface area contributed by atoms with Crippen molar-refractivity contribution >= 4 is 0 Å². The van der Waals surface area contributed by atoms with Gasteiger partial charge in [-0.2, -0.15) is 0 Å². The van der Waals surface area contributed by atoms with Gasteiger partial charge in [0.2, 0.25) is 0 Å². The molecule has 1 N–H and O–H groups in total. The Labute approximate surface area is 113 Å². The summed E-state index contributed by atoms with van der Waals surface area (Å²) in [6, 6.07) is 11.4. The molecule has 0 saturated carbocycles. The average molecular weight is 253 g/mol. The predicted octanol–water partition coefficient (Wildman–Crippen LogP) is 3.20. The van der Waals surface area contributed by atoms with Gasteiger partial charge in [0.15, 0.2) is 0 Å². The predicted molar refractivity (Wildman–Crippen MR) is 75.2 cm³/mol. The molecule has 2 aromatic rings. The Bertz CT molecular complexity index is 588. The van der Waals surface area contributed by atoms with E-state index in [0.717, 1.165) is 32.1 Å². The lowest BCUT2D eigenvalue weighted by molar-refractivity contribution is 0.155. The van der Waals surface area contributed by atoms with Gasteiger partial charge in [-0.1, -0.05) is 24.3 Å². The molecule has 4 rings (SSSR count). The van der Waals surface area contributed by atoms with Crippen LogP contribution >= 0.6 is 0 Å². The highest BCUT2D eigenvalue weighted by molar-refractivity contribution is 5.35.